The lowest BCUT2D eigenvalue weighted by Crippen LogP contribution is -2.50. The lowest BCUT2D eigenvalue weighted by molar-refractivity contribution is -0.131. The summed E-state index contributed by atoms with van der Waals surface area (Å²) in [6.07, 6.45) is 4.02. The Labute approximate surface area is 114 Å². The van der Waals surface area contributed by atoms with Crippen LogP contribution in [0.4, 0.5) is 0 Å². The number of carbonyl (C=O) groups is 1. The predicted octanol–water partition coefficient (Wildman–Crippen LogP) is 1.45. The van der Waals surface area contributed by atoms with Gasteiger partial charge in [-0.25, -0.2) is 0 Å². The second kappa shape index (κ2) is 6.19. The van der Waals surface area contributed by atoms with Crippen molar-refractivity contribution in [3.05, 3.63) is 17.5 Å². The maximum atomic E-state index is 11.4. The van der Waals surface area contributed by atoms with Crippen LogP contribution in [0.2, 0.25) is 0 Å². The standard InChI is InChI=1S/C14H24N4O/c1-4-12-9-18(11(3)19)6-5-14(12)15-7-13-8-16-17-10(13)2/h8,12,14-15H,4-7,9H2,1-3H3,(H,16,17)/t12-,14+/m1/s1. The quantitative estimate of drug-likeness (QED) is 0.865. The van der Waals surface area contributed by atoms with E-state index >= 15 is 0 Å². The van der Waals surface area contributed by atoms with Crippen molar-refractivity contribution in [2.75, 3.05) is 13.1 Å². The van der Waals surface area contributed by atoms with Gasteiger partial charge in [-0.2, -0.15) is 5.10 Å². The molecule has 0 aromatic carbocycles. The first-order valence-electron chi connectivity index (χ1n) is 7.09. The van der Waals surface area contributed by atoms with Crippen molar-refractivity contribution in [3.63, 3.8) is 0 Å². The Hall–Kier alpha value is -1.36. The minimum atomic E-state index is 0.197. The van der Waals surface area contributed by atoms with Gasteiger partial charge in [0.25, 0.3) is 0 Å². The maximum absolute atomic E-state index is 11.4. The van der Waals surface area contributed by atoms with Crippen molar-refractivity contribution < 1.29 is 4.79 Å². The van der Waals surface area contributed by atoms with E-state index in [1.54, 1.807) is 6.92 Å². The van der Waals surface area contributed by atoms with Crippen LogP contribution in [-0.4, -0.2) is 40.1 Å². The molecule has 2 N–H and O–H groups in total. The largest absolute Gasteiger partial charge is 0.343 e. The average Bonchev–Trinajstić information content (AvgIpc) is 2.81. The summed E-state index contributed by atoms with van der Waals surface area (Å²) in [5.74, 6) is 0.743. The van der Waals surface area contributed by atoms with Crippen LogP contribution in [0.25, 0.3) is 0 Å². The van der Waals surface area contributed by atoms with E-state index in [-0.39, 0.29) is 5.91 Å². The van der Waals surface area contributed by atoms with Crippen LogP contribution in [0.3, 0.4) is 0 Å². The number of carbonyl (C=O) groups excluding carboxylic acids is 1. The van der Waals surface area contributed by atoms with Gasteiger partial charge < -0.3 is 10.2 Å². The van der Waals surface area contributed by atoms with E-state index in [1.807, 2.05) is 18.0 Å². The summed E-state index contributed by atoms with van der Waals surface area (Å²) in [7, 11) is 0. The first-order chi connectivity index (χ1) is 9.11. The molecule has 0 bridgehead atoms. The Morgan fingerprint density at radius 3 is 3.00 bits per heavy atom. The molecule has 0 radical (unpaired) electrons. The van der Waals surface area contributed by atoms with E-state index in [0.717, 1.165) is 38.2 Å². The number of nitrogens with zero attached hydrogens (tertiary/aromatic N) is 2. The number of hydrogen-bond acceptors (Lipinski definition) is 3. The third kappa shape index (κ3) is 3.35. The van der Waals surface area contributed by atoms with E-state index < -0.39 is 0 Å². The van der Waals surface area contributed by atoms with Gasteiger partial charge in [-0.05, 0) is 19.3 Å². The molecule has 0 spiro atoms. The highest BCUT2D eigenvalue weighted by Crippen LogP contribution is 2.21. The third-order valence-electron chi connectivity index (χ3n) is 4.19. The van der Waals surface area contributed by atoms with E-state index in [2.05, 4.69) is 22.4 Å². The Bertz CT molecular complexity index is 429. The number of aromatic nitrogens is 2. The van der Waals surface area contributed by atoms with Crippen molar-refractivity contribution >= 4 is 5.91 Å². The number of piperidine rings is 1. The highest BCUT2D eigenvalue weighted by molar-refractivity contribution is 5.73. The number of H-pyrrole nitrogens is 1. The van der Waals surface area contributed by atoms with Gasteiger partial charge in [0.05, 0.1) is 6.20 Å². The summed E-state index contributed by atoms with van der Waals surface area (Å²) in [6, 6.07) is 0.495. The molecule has 106 valence electrons. The van der Waals surface area contributed by atoms with Crippen LogP contribution in [0, 0.1) is 12.8 Å². The first kappa shape index (κ1) is 14.1. The molecular weight excluding hydrogens is 240 g/mol. The van der Waals surface area contributed by atoms with Gasteiger partial charge in [0.2, 0.25) is 5.91 Å². The molecule has 0 saturated carbocycles. The minimum absolute atomic E-state index is 0.197. The number of nitrogens with one attached hydrogen (secondary N) is 2. The minimum Gasteiger partial charge on any atom is -0.343 e. The monoisotopic (exact) mass is 264 g/mol. The van der Waals surface area contributed by atoms with E-state index in [9.17, 15) is 4.79 Å². The Kier molecular flexibility index (Phi) is 4.58. The molecule has 2 rings (SSSR count). The van der Waals surface area contributed by atoms with Crippen LogP contribution in [-0.2, 0) is 11.3 Å². The molecule has 1 fully saturated rings. The highest BCUT2D eigenvalue weighted by Gasteiger charge is 2.28. The van der Waals surface area contributed by atoms with Crippen molar-refractivity contribution in [1.82, 2.24) is 20.4 Å². The molecule has 1 saturated heterocycles. The molecule has 0 aliphatic carbocycles. The summed E-state index contributed by atoms with van der Waals surface area (Å²) in [5.41, 5.74) is 2.35. The summed E-state index contributed by atoms with van der Waals surface area (Å²) in [5, 5.41) is 10.6. The van der Waals surface area contributed by atoms with Crippen LogP contribution < -0.4 is 5.32 Å². The molecule has 0 unspecified atom stereocenters. The average molecular weight is 264 g/mol. The zero-order valence-corrected chi connectivity index (χ0v) is 12.1. The molecule has 2 heterocycles. The van der Waals surface area contributed by atoms with Crippen LogP contribution in [0.5, 0.6) is 0 Å². The summed E-state index contributed by atoms with van der Waals surface area (Å²) in [4.78, 5) is 13.4. The molecule has 1 aliphatic heterocycles. The zero-order chi connectivity index (χ0) is 13.8. The predicted molar refractivity (Wildman–Crippen MR) is 74.6 cm³/mol. The van der Waals surface area contributed by atoms with Crippen LogP contribution in [0.15, 0.2) is 6.20 Å². The van der Waals surface area contributed by atoms with E-state index in [0.29, 0.717) is 12.0 Å². The van der Waals surface area contributed by atoms with Gasteiger partial charge in [0.15, 0.2) is 0 Å². The molecule has 5 heteroatoms. The number of likely N-dealkylation sites (tertiary alicyclic amines) is 1. The molecule has 2 atom stereocenters. The van der Waals surface area contributed by atoms with Crippen molar-refractivity contribution in [2.45, 2.75) is 46.2 Å². The molecular formula is C14H24N4O. The van der Waals surface area contributed by atoms with Crippen LogP contribution >= 0.6 is 0 Å². The van der Waals surface area contributed by atoms with Gasteiger partial charge in [0, 0.05) is 43.9 Å². The second-order valence-corrected chi connectivity index (χ2v) is 5.43. The molecule has 5 nitrogen and oxygen atoms in total. The molecule has 1 aromatic heterocycles. The van der Waals surface area contributed by atoms with Crippen molar-refractivity contribution in [1.29, 1.82) is 0 Å². The third-order valence-corrected chi connectivity index (χ3v) is 4.19. The summed E-state index contributed by atoms with van der Waals surface area (Å²) < 4.78 is 0. The Morgan fingerprint density at radius 1 is 1.63 bits per heavy atom. The molecule has 19 heavy (non-hydrogen) atoms. The fourth-order valence-electron chi connectivity index (χ4n) is 2.80. The van der Waals surface area contributed by atoms with Crippen molar-refractivity contribution in [2.24, 2.45) is 5.92 Å². The fraction of sp³-hybridized carbons (Fsp3) is 0.714. The topological polar surface area (TPSA) is 61.0 Å². The van der Waals surface area contributed by atoms with Gasteiger partial charge in [-0.3, -0.25) is 9.89 Å². The van der Waals surface area contributed by atoms with Crippen LogP contribution in [0.1, 0.15) is 37.9 Å². The maximum Gasteiger partial charge on any atom is 0.219 e. The lowest BCUT2D eigenvalue weighted by atomic mass is 9.89. The summed E-state index contributed by atoms with van der Waals surface area (Å²) >= 11 is 0. The van der Waals surface area contributed by atoms with Gasteiger partial charge in [0.1, 0.15) is 0 Å². The Morgan fingerprint density at radius 2 is 2.42 bits per heavy atom. The number of aromatic amines is 1. The number of rotatable bonds is 4. The second-order valence-electron chi connectivity index (χ2n) is 5.43. The smallest absolute Gasteiger partial charge is 0.219 e. The Balaban J connectivity index is 1.90. The van der Waals surface area contributed by atoms with E-state index in [1.165, 1.54) is 5.56 Å². The van der Waals surface area contributed by atoms with E-state index in [4.69, 9.17) is 0 Å². The number of hydrogen-bond donors (Lipinski definition) is 2. The fourth-order valence-corrected chi connectivity index (χ4v) is 2.80. The molecule has 1 aliphatic rings. The zero-order valence-electron chi connectivity index (χ0n) is 12.1. The van der Waals surface area contributed by atoms with Crippen molar-refractivity contribution in [3.8, 4) is 0 Å². The first-order valence-corrected chi connectivity index (χ1v) is 7.09. The van der Waals surface area contributed by atoms with Gasteiger partial charge in [-0.1, -0.05) is 13.3 Å². The number of amides is 1. The van der Waals surface area contributed by atoms with Gasteiger partial charge >= 0.3 is 0 Å². The highest BCUT2D eigenvalue weighted by atomic mass is 16.2. The summed E-state index contributed by atoms with van der Waals surface area (Å²) in [6.45, 7) is 8.51. The SMILES string of the molecule is CC[C@@H]1CN(C(C)=O)CC[C@@H]1NCc1cn[nH]c1C. The number of aryl methyl sites for hydroxylation is 1. The normalized spacial score (nSPS) is 23.6. The lowest BCUT2D eigenvalue weighted by Gasteiger charge is -2.38. The molecule has 1 amide bonds. The van der Waals surface area contributed by atoms with Gasteiger partial charge in [-0.15, -0.1) is 0 Å². The molecule has 1 aromatic rings.